The summed E-state index contributed by atoms with van der Waals surface area (Å²) < 4.78 is 22.6. The molecule has 2 aromatic rings. The molecule has 0 saturated heterocycles. The number of hydrogen-bond acceptors (Lipinski definition) is 5. The summed E-state index contributed by atoms with van der Waals surface area (Å²) in [4.78, 5) is 23.6. The highest BCUT2D eigenvalue weighted by Crippen LogP contribution is 2.14. The smallest absolute Gasteiger partial charge is 0.269 e. The number of aromatic nitrogens is 3. The fraction of sp³-hybridized carbons (Fsp3) is 0.300. The van der Waals surface area contributed by atoms with Gasteiger partial charge in [0.15, 0.2) is 0 Å². The maximum Gasteiger partial charge on any atom is 0.269 e. The molecule has 18 heavy (non-hydrogen) atoms. The van der Waals surface area contributed by atoms with Crippen molar-refractivity contribution in [3.8, 4) is 0 Å². The highest BCUT2D eigenvalue weighted by molar-refractivity contribution is 7.90. The van der Waals surface area contributed by atoms with Crippen molar-refractivity contribution in [2.24, 2.45) is 0 Å². The van der Waals surface area contributed by atoms with Gasteiger partial charge in [-0.1, -0.05) is 0 Å². The van der Waals surface area contributed by atoms with Crippen LogP contribution in [0.25, 0.3) is 11.0 Å². The Morgan fingerprint density at radius 1 is 1.39 bits per heavy atom. The number of H-pyrrole nitrogens is 1. The summed E-state index contributed by atoms with van der Waals surface area (Å²) in [5, 5.41) is 0.327. The third-order valence-electron chi connectivity index (χ3n) is 2.32. The van der Waals surface area contributed by atoms with Crippen LogP contribution >= 0.6 is 0 Å². The van der Waals surface area contributed by atoms with E-state index in [-0.39, 0.29) is 11.1 Å². The topological polar surface area (TPSA) is 96.0 Å². The van der Waals surface area contributed by atoms with Crippen LogP contribution < -0.4 is 0 Å². The minimum atomic E-state index is -3.46. The van der Waals surface area contributed by atoms with Gasteiger partial charge in [-0.05, 0) is 6.07 Å². The van der Waals surface area contributed by atoms with E-state index < -0.39 is 9.84 Å². The lowest BCUT2D eigenvalue weighted by molar-refractivity contribution is 0.0823. The fourth-order valence-corrected chi connectivity index (χ4v) is 1.94. The van der Waals surface area contributed by atoms with Crippen LogP contribution in [-0.4, -0.2) is 54.5 Å². The summed E-state index contributed by atoms with van der Waals surface area (Å²) >= 11 is 0. The number of rotatable bonds is 2. The molecule has 0 atom stereocenters. The molecule has 0 radical (unpaired) electrons. The molecule has 8 heteroatoms. The van der Waals surface area contributed by atoms with E-state index in [0.717, 1.165) is 6.26 Å². The first-order valence-electron chi connectivity index (χ1n) is 5.06. The lowest BCUT2D eigenvalue weighted by Gasteiger charge is -2.07. The summed E-state index contributed by atoms with van der Waals surface area (Å²) in [7, 11) is -0.206. The summed E-state index contributed by atoms with van der Waals surface area (Å²) in [5.74, 6) is -0.214. The van der Waals surface area contributed by atoms with E-state index in [1.165, 1.54) is 11.1 Å². The molecule has 0 spiro atoms. The zero-order chi connectivity index (χ0) is 13.5. The van der Waals surface area contributed by atoms with Gasteiger partial charge >= 0.3 is 0 Å². The Morgan fingerprint density at radius 3 is 2.61 bits per heavy atom. The molecule has 0 saturated carbocycles. The number of nitrogens with zero attached hydrogens (tertiary/aromatic N) is 3. The van der Waals surface area contributed by atoms with E-state index in [1.807, 2.05) is 0 Å². The number of carbonyl (C=O) groups excluding carboxylic acids is 1. The first kappa shape index (κ1) is 12.5. The van der Waals surface area contributed by atoms with Crippen LogP contribution in [0.15, 0.2) is 17.4 Å². The first-order chi connectivity index (χ1) is 8.29. The molecule has 2 aromatic heterocycles. The van der Waals surface area contributed by atoms with E-state index in [4.69, 9.17) is 0 Å². The fourth-order valence-electron chi connectivity index (χ4n) is 1.43. The predicted octanol–water partition coefficient (Wildman–Crippen LogP) is 0.0632. The highest BCUT2D eigenvalue weighted by Gasteiger charge is 2.15. The molecule has 7 nitrogen and oxygen atoms in total. The van der Waals surface area contributed by atoms with Crippen molar-refractivity contribution < 1.29 is 13.2 Å². The average Bonchev–Trinajstić information content (AvgIpc) is 2.68. The molecule has 1 amide bonds. The number of carbonyl (C=O) groups is 1. The molecule has 0 aliphatic rings. The van der Waals surface area contributed by atoms with E-state index in [0.29, 0.717) is 16.7 Å². The van der Waals surface area contributed by atoms with Crippen LogP contribution in [0.4, 0.5) is 0 Å². The van der Waals surface area contributed by atoms with E-state index in [1.54, 1.807) is 20.2 Å². The molecule has 1 N–H and O–H groups in total. The molecule has 2 heterocycles. The third kappa shape index (κ3) is 2.19. The second-order valence-electron chi connectivity index (χ2n) is 4.11. The normalized spacial score (nSPS) is 11.7. The standard InChI is InChI=1S/C10H12N4O3S/c1-14(2)9(15)7-4-6-5-11-10(18(3,16)17)13-8(6)12-7/h4-5H,1-3H3,(H,11,12,13). The maximum absolute atomic E-state index is 11.7. The van der Waals surface area contributed by atoms with Crippen LogP contribution in [0.3, 0.4) is 0 Å². The molecular formula is C10H12N4O3S. The van der Waals surface area contributed by atoms with Gasteiger partial charge in [0.25, 0.3) is 5.91 Å². The Morgan fingerprint density at radius 2 is 2.06 bits per heavy atom. The summed E-state index contributed by atoms with van der Waals surface area (Å²) in [5.41, 5.74) is 0.672. The predicted molar refractivity (Wildman–Crippen MR) is 65.0 cm³/mol. The van der Waals surface area contributed by atoms with Gasteiger partial charge in [0.05, 0.1) is 0 Å². The van der Waals surface area contributed by atoms with Crippen molar-refractivity contribution in [2.45, 2.75) is 5.16 Å². The molecule has 96 valence electrons. The van der Waals surface area contributed by atoms with Crippen molar-refractivity contribution in [2.75, 3.05) is 20.4 Å². The van der Waals surface area contributed by atoms with Gasteiger partial charge in [0, 0.05) is 31.9 Å². The van der Waals surface area contributed by atoms with Crippen molar-refractivity contribution in [1.29, 1.82) is 0 Å². The van der Waals surface area contributed by atoms with Gasteiger partial charge in [-0.25, -0.2) is 18.4 Å². The third-order valence-corrected chi connectivity index (χ3v) is 3.18. The Bertz CT molecular complexity index is 718. The average molecular weight is 268 g/mol. The Labute approximate surface area is 104 Å². The number of sulfone groups is 1. The van der Waals surface area contributed by atoms with E-state index >= 15 is 0 Å². The molecule has 0 aliphatic heterocycles. The van der Waals surface area contributed by atoms with Gasteiger partial charge in [-0.15, -0.1) is 0 Å². The first-order valence-corrected chi connectivity index (χ1v) is 6.95. The van der Waals surface area contributed by atoms with Crippen molar-refractivity contribution >= 4 is 26.8 Å². The monoisotopic (exact) mass is 268 g/mol. The molecule has 2 rings (SSSR count). The van der Waals surface area contributed by atoms with Gasteiger partial charge < -0.3 is 9.88 Å². The molecule has 0 aromatic carbocycles. The molecule has 0 unspecified atom stereocenters. The zero-order valence-electron chi connectivity index (χ0n) is 10.1. The van der Waals surface area contributed by atoms with E-state index in [2.05, 4.69) is 15.0 Å². The van der Waals surface area contributed by atoms with Gasteiger partial charge in [0.1, 0.15) is 11.3 Å². The molecule has 0 fully saturated rings. The lowest BCUT2D eigenvalue weighted by atomic mass is 10.3. The number of aromatic amines is 1. The molecule has 0 bridgehead atoms. The van der Waals surface area contributed by atoms with Gasteiger partial charge in [-0.3, -0.25) is 4.79 Å². The summed E-state index contributed by atoms with van der Waals surface area (Å²) in [6.45, 7) is 0. The van der Waals surface area contributed by atoms with Crippen LogP contribution in [0.1, 0.15) is 10.5 Å². The minimum Gasteiger partial charge on any atom is -0.344 e. The number of fused-ring (bicyclic) bond motifs is 1. The van der Waals surface area contributed by atoms with Gasteiger partial charge in [-0.2, -0.15) is 0 Å². The van der Waals surface area contributed by atoms with E-state index in [9.17, 15) is 13.2 Å². The Kier molecular flexibility index (Phi) is 2.81. The Hall–Kier alpha value is -1.96. The SMILES string of the molecule is CN(C)C(=O)c1cc2cnc(S(C)(=O)=O)nc2[nH]1. The van der Waals surface area contributed by atoms with Crippen LogP contribution in [0.2, 0.25) is 0 Å². The van der Waals surface area contributed by atoms with Crippen molar-refractivity contribution in [1.82, 2.24) is 19.9 Å². The van der Waals surface area contributed by atoms with Crippen LogP contribution in [-0.2, 0) is 9.84 Å². The van der Waals surface area contributed by atoms with Crippen molar-refractivity contribution in [3.05, 3.63) is 18.0 Å². The molecule has 0 aliphatic carbocycles. The largest absolute Gasteiger partial charge is 0.344 e. The summed E-state index contributed by atoms with van der Waals surface area (Å²) in [6, 6.07) is 1.59. The second kappa shape index (κ2) is 4.05. The zero-order valence-corrected chi connectivity index (χ0v) is 10.9. The van der Waals surface area contributed by atoms with Crippen LogP contribution in [0, 0.1) is 0 Å². The van der Waals surface area contributed by atoms with Gasteiger partial charge in [0.2, 0.25) is 15.0 Å². The summed E-state index contributed by atoms with van der Waals surface area (Å²) in [6.07, 6.45) is 2.41. The number of hydrogen-bond donors (Lipinski definition) is 1. The van der Waals surface area contributed by atoms with Crippen molar-refractivity contribution in [3.63, 3.8) is 0 Å². The second-order valence-corrected chi connectivity index (χ2v) is 6.02. The highest BCUT2D eigenvalue weighted by atomic mass is 32.2. The molecular weight excluding hydrogens is 256 g/mol. The lowest BCUT2D eigenvalue weighted by Crippen LogP contribution is -2.21. The van der Waals surface area contributed by atoms with Crippen LogP contribution in [0.5, 0.6) is 0 Å². The number of nitrogens with one attached hydrogen (secondary N) is 1. The Balaban J connectivity index is 2.56. The minimum absolute atomic E-state index is 0.214. The number of amides is 1. The quantitative estimate of drug-likeness (QED) is 0.777. The maximum atomic E-state index is 11.7.